The van der Waals surface area contributed by atoms with Gasteiger partial charge >= 0.3 is 0 Å². The molecule has 0 aliphatic heterocycles. The van der Waals surface area contributed by atoms with Gasteiger partial charge in [-0.25, -0.2) is 4.68 Å². The number of aromatic nitrogens is 5. The maximum absolute atomic E-state index is 12.1. The first-order chi connectivity index (χ1) is 10.5. The Hall–Kier alpha value is -2.90. The van der Waals surface area contributed by atoms with Crippen molar-refractivity contribution in [3.8, 4) is 11.5 Å². The van der Waals surface area contributed by atoms with Crippen molar-refractivity contribution in [1.29, 1.82) is 0 Å². The lowest BCUT2D eigenvalue weighted by atomic mass is 10.3. The second-order valence-electron chi connectivity index (χ2n) is 5.21. The molecule has 0 fully saturated rings. The summed E-state index contributed by atoms with van der Waals surface area (Å²) in [7, 11) is 0. The van der Waals surface area contributed by atoms with Crippen LogP contribution in [0.5, 0.6) is 0 Å². The molecule has 0 bridgehead atoms. The van der Waals surface area contributed by atoms with Crippen molar-refractivity contribution in [2.45, 2.75) is 26.8 Å². The lowest BCUT2D eigenvalue weighted by Crippen LogP contribution is -2.12. The highest BCUT2D eigenvalue weighted by molar-refractivity contribution is 6.02. The van der Waals surface area contributed by atoms with Crippen LogP contribution in [-0.4, -0.2) is 31.1 Å². The van der Waals surface area contributed by atoms with E-state index in [2.05, 4.69) is 25.8 Å². The number of rotatable bonds is 4. The van der Waals surface area contributed by atoms with Crippen LogP contribution in [0, 0.1) is 6.92 Å². The maximum Gasteiger partial charge on any atom is 0.277 e. The summed E-state index contributed by atoms with van der Waals surface area (Å²) < 4.78 is 7.15. The molecule has 22 heavy (non-hydrogen) atoms. The molecule has 0 radical (unpaired) electrons. The molecule has 114 valence electrons. The minimum Gasteiger partial charge on any atom is -0.460 e. The fraction of sp³-hybridized carbons (Fsp3) is 0.286. The van der Waals surface area contributed by atoms with E-state index in [4.69, 9.17) is 4.42 Å². The molecule has 1 amide bonds. The molecule has 3 aromatic rings. The molecule has 3 aromatic heterocycles. The highest BCUT2D eigenvalue weighted by Gasteiger charge is 2.15. The lowest BCUT2D eigenvalue weighted by Gasteiger charge is -2.01. The molecule has 0 aliphatic rings. The van der Waals surface area contributed by atoms with Gasteiger partial charge in [-0.1, -0.05) is 5.21 Å². The van der Waals surface area contributed by atoms with Gasteiger partial charge in [-0.2, -0.15) is 5.10 Å². The zero-order chi connectivity index (χ0) is 15.7. The van der Waals surface area contributed by atoms with Crippen LogP contribution < -0.4 is 5.32 Å². The maximum atomic E-state index is 12.1. The third kappa shape index (κ3) is 2.76. The Morgan fingerprint density at radius 1 is 1.41 bits per heavy atom. The largest absolute Gasteiger partial charge is 0.460 e. The minimum absolute atomic E-state index is 0.178. The molecule has 0 atom stereocenters. The number of carbonyl (C=O) groups excluding carboxylic acids is 1. The number of nitrogens with one attached hydrogen (secondary N) is 2. The molecule has 0 unspecified atom stereocenters. The van der Waals surface area contributed by atoms with Gasteiger partial charge < -0.3 is 9.73 Å². The third-order valence-electron chi connectivity index (χ3n) is 3.10. The number of nitrogens with zero attached hydrogens (tertiary/aromatic N) is 4. The number of aromatic amines is 1. The van der Waals surface area contributed by atoms with Gasteiger partial charge in [-0.15, -0.1) is 5.10 Å². The lowest BCUT2D eigenvalue weighted by molar-refractivity contribution is 0.102. The molecule has 0 saturated carbocycles. The summed E-state index contributed by atoms with van der Waals surface area (Å²) in [5.41, 5.74) is 0.896. The van der Waals surface area contributed by atoms with Crippen LogP contribution in [0.15, 0.2) is 28.8 Å². The number of anilines is 1. The standard InChI is InChI=1S/C14H16N6O2/c1-8(2)20-7-13(18-19-20)15-14(21)11-6-10(16-17-11)12-5-4-9(3)22-12/h4-8H,1-3H3,(H,15,21)(H,16,17). The van der Waals surface area contributed by atoms with Crippen molar-refractivity contribution in [3.05, 3.63) is 35.9 Å². The van der Waals surface area contributed by atoms with E-state index in [0.717, 1.165) is 5.76 Å². The number of aryl methyl sites for hydroxylation is 1. The minimum atomic E-state index is -0.360. The zero-order valence-corrected chi connectivity index (χ0v) is 12.5. The molecule has 0 spiro atoms. The van der Waals surface area contributed by atoms with E-state index in [-0.39, 0.29) is 17.6 Å². The number of hydrogen-bond acceptors (Lipinski definition) is 5. The second-order valence-corrected chi connectivity index (χ2v) is 5.21. The monoisotopic (exact) mass is 300 g/mol. The summed E-state index contributed by atoms with van der Waals surface area (Å²) in [6, 6.07) is 5.47. The average Bonchev–Trinajstić information content (AvgIpc) is 3.16. The van der Waals surface area contributed by atoms with E-state index in [0.29, 0.717) is 17.3 Å². The molecular formula is C14H16N6O2. The highest BCUT2D eigenvalue weighted by Crippen LogP contribution is 2.20. The summed E-state index contributed by atoms with van der Waals surface area (Å²) in [5.74, 6) is 1.45. The van der Waals surface area contributed by atoms with Crippen molar-refractivity contribution in [2.24, 2.45) is 0 Å². The smallest absolute Gasteiger partial charge is 0.277 e. The fourth-order valence-corrected chi connectivity index (χ4v) is 1.91. The predicted molar refractivity (Wildman–Crippen MR) is 79.4 cm³/mol. The summed E-state index contributed by atoms with van der Waals surface area (Å²) in [6.45, 7) is 5.81. The predicted octanol–water partition coefficient (Wildman–Crippen LogP) is 2.40. The quantitative estimate of drug-likeness (QED) is 0.770. The van der Waals surface area contributed by atoms with E-state index in [1.54, 1.807) is 16.9 Å². The molecule has 0 aromatic carbocycles. The molecule has 8 heteroatoms. The highest BCUT2D eigenvalue weighted by atomic mass is 16.3. The normalized spacial score (nSPS) is 11.1. The van der Waals surface area contributed by atoms with E-state index >= 15 is 0 Å². The molecule has 8 nitrogen and oxygen atoms in total. The third-order valence-corrected chi connectivity index (χ3v) is 3.10. The van der Waals surface area contributed by atoms with Crippen LogP contribution in [-0.2, 0) is 0 Å². The number of amides is 1. The Balaban J connectivity index is 1.73. The Labute approximate surface area is 126 Å². The second kappa shape index (κ2) is 5.47. The van der Waals surface area contributed by atoms with Crippen molar-refractivity contribution < 1.29 is 9.21 Å². The van der Waals surface area contributed by atoms with Crippen LogP contribution in [0.3, 0.4) is 0 Å². The summed E-state index contributed by atoms with van der Waals surface area (Å²) in [4.78, 5) is 12.1. The zero-order valence-electron chi connectivity index (χ0n) is 12.5. The Morgan fingerprint density at radius 3 is 2.86 bits per heavy atom. The first-order valence-corrected chi connectivity index (χ1v) is 6.88. The van der Waals surface area contributed by atoms with Gasteiger partial charge in [0.1, 0.15) is 11.5 Å². The van der Waals surface area contributed by atoms with E-state index < -0.39 is 0 Å². The van der Waals surface area contributed by atoms with Crippen molar-refractivity contribution in [2.75, 3.05) is 5.32 Å². The first kappa shape index (κ1) is 14.1. The Morgan fingerprint density at radius 2 is 2.23 bits per heavy atom. The number of H-pyrrole nitrogens is 1. The van der Waals surface area contributed by atoms with Crippen molar-refractivity contribution in [3.63, 3.8) is 0 Å². The Kier molecular flexibility index (Phi) is 3.50. The van der Waals surface area contributed by atoms with Gasteiger partial charge in [0.05, 0.1) is 6.20 Å². The van der Waals surface area contributed by atoms with Crippen molar-refractivity contribution >= 4 is 11.7 Å². The number of hydrogen-bond donors (Lipinski definition) is 2. The van der Waals surface area contributed by atoms with Crippen LogP contribution >= 0.6 is 0 Å². The van der Waals surface area contributed by atoms with Gasteiger partial charge in [-0.3, -0.25) is 9.89 Å². The molecule has 3 rings (SSSR count). The molecular weight excluding hydrogens is 284 g/mol. The van der Waals surface area contributed by atoms with Gasteiger partial charge in [0.15, 0.2) is 17.3 Å². The van der Waals surface area contributed by atoms with Gasteiger partial charge in [0.2, 0.25) is 0 Å². The Bertz CT molecular complexity index is 798. The molecule has 3 heterocycles. The van der Waals surface area contributed by atoms with Crippen LogP contribution in [0.4, 0.5) is 5.82 Å². The fourth-order valence-electron chi connectivity index (χ4n) is 1.91. The average molecular weight is 300 g/mol. The van der Waals surface area contributed by atoms with Crippen LogP contribution in [0.1, 0.15) is 36.1 Å². The first-order valence-electron chi connectivity index (χ1n) is 6.88. The van der Waals surface area contributed by atoms with Gasteiger partial charge in [-0.05, 0) is 32.9 Å². The van der Waals surface area contributed by atoms with Crippen LogP contribution in [0.25, 0.3) is 11.5 Å². The summed E-state index contributed by atoms with van der Waals surface area (Å²) in [5, 5.41) is 17.2. The summed E-state index contributed by atoms with van der Waals surface area (Å²) in [6.07, 6.45) is 1.67. The topological polar surface area (TPSA) is 102 Å². The van der Waals surface area contributed by atoms with Gasteiger partial charge in [0, 0.05) is 12.1 Å². The van der Waals surface area contributed by atoms with E-state index in [1.165, 1.54) is 0 Å². The van der Waals surface area contributed by atoms with E-state index in [9.17, 15) is 4.79 Å². The molecule has 0 aliphatic carbocycles. The number of carbonyl (C=O) groups is 1. The van der Waals surface area contributed by atoms with E-state index in [1.807, 2.05) is 32.9 Å². The summed E-state index contributed by atoms with van der Waals surface area (Å²) >= 11 is 0. The SMILES string of the molecule is Cc1ccc(-c2cc(C(=O)Nc3cn(C(C)C)nn3)n[nH]2)o1. The van der Waals surface area contributed by atoms with Crippen LogP contribution in [0.2, 0.25) is 0 Å². The van der Waals surface area contributed by atoms with Gasteiger partial charge in [0.25, 0.3) is 5.91 Å². The van der Waals surface area contributed by atoms with Crippen molar-refractivity contribution in [1.82, 2.24) is 25.2 Å². The number of furan rings is 1. The molecule has 2 N–H and O–H groups in total. The molecule has 0 saturated heterocycles.